The van der Waals surface area contributed by atoms with E-state index < -0.39 is 0 Å². The molecule has 5 heteroatoms. The summed E-state index contributed by atoms with van der Waals surface area (Å²) in [6.07, 6.45) is 1.60. The van der Waals surface area contributed by atoms with Gasteiger partial charge in [0.1, 0.15) is 12.1 Å². The number of halogens is 1. The topological polar surface area (TPSA) is 42.7 Å². The summed E-state index contributed by atoms with van der Waals surface area (Å²) in [5.41, 5.74) is 6.34. The molecule has 0 saturated carbocycles. The number of nitrogens with zero attached hydrogens (tertiary/aromatic N) is 3. The Balaban J connectivity index is 1.93. The highest BCUT2D eigenvalue weighted by Crippen LogP contribution is 2.33. The highest BCUT2D eigenvalue weighted by Gasteiger charge is 2.18. The Morgan fingerprint density at radius 3 is 2.54 bits per heavy atom. The lowest BCUT2D eigenvalue weighted by Gasteiger charge is -2.10. The first-order valence-electron chi connectivity index (χ1n) is 8.47. The van der Waals surface area contributed by atoms with E-state index in [9.17, 15) is 0 Å². The molecule has 0 aliphatic heterocycles. The summed E-state index contributed by atoms with van der Waals surface area (Å²) in [6, 6.07) is 16.0. The maximum Gasteiger partial charge on any atom is 0.150 e. The monoisotopic (exact) mass is 362 g/mol. The molecule has 4 aromatic rings. The predicted molar refractivity (Wildman–Crippen MR) is 108 cm³/mol. The lowest BCUT2D eigenvalue weighted by Crippen LogP contribution is -2.00. The predicted octanol–water partition coefficient (Wildman–Crippen LogP) is 5.74. The van der Waals surface area contributed by atoms with E-state index in [4.69, 9.17) is 11.6 Å². The number of hydrogen-bond acceptors (Lipinski definition) is 3. The van der Waals surface area contributed by atoms with Crippen molar-refractivity contribution in [3.63, 3.8) is 0 Å². The first-order chi connectivity index (χ1) is 12.6. The van der Waals surface area contributed by atoms with Gasteiger partial charge in [-0.15, -0.1) is 0 Å². The van der Waals surface area contributed by atoms with Crippen LogP contribution in [-0.2, 0) is 0 Å². The molecular formula is C21H19ClN4. The van der Waals surface area contributed by atoms with Crippen molar-refractivity contribution in [2.24, 2.45) is 0 Å². The van der Waals surface area contributed by atoms with Crippen LogP contribution >= 0.6 is 11.6 Å². The minimum absolute atomic E-state index is 0.703. The van der Waals surface area contributed by atoms with Gasteiger partial charge in [0.2, 0.25) is 0 Å². The van der Waals surface area contributed by atoms with E-state index in [2.05, 4.69) is 52.8 Å². The lowest BCUT2D eigenvalue weighted by molar-refractivity contribution is 1.01. The van der Waals surface area contributed by atoms with Gasteiger partial charge in [-0.2, -0.15) is 0 Å². The van der Waals surface area contributed by atoms with Crippen molar-refractivity contribution in [3.05, 3.63) is 76.7 Å². The van der Waals surface area contributed by atoms with Crippen LogP contribution in [0.5, 0.6) is 0 Å². The van der Waals surface area contributed by atoms with Crippen molar-refractivity contribution < 1.29 is 0 Å². The molecule has 0 aliphatic rings. The Morgan fingerprint density at radius 2 is 1.77 bits per heavy atom. The molecule has 4 rings (SSSR count). The molecule has 1 N–H and O–H groups in total. The Kier molecular flexibility index (Phi) is 4.13. The third-order valence-electron chi connectivity index (χ3n) is 4.76. The highest BCUT2D eigenvalue weighted by molar-refractivity contribution is 6.30. The van der Waals surface area contributed by atoms with Crippen molar-refractivity contribution in [2.45, 2.75) is 20.8 Å². The van der Waals surface area contributed by atoms with Crippen LogP contribution in [0.15, 0.2) is 54.9 Å². The molecule has 0 radical (unpaired) electrons. The van der Waals surface area contributed by atoms with E-state index in [1.165, 1.54) is 5.56 Å². The number of hydrogen-bond donors (Lipinski definition) is 1. The number of benzene rings is 2. The van der Waals surface area contributed by atoms with Crippen molar-refractivity contribution in [1.29, 1.82) is 0 Å². The van der Waals surface area contributed by atoms with E-state index in [1.54, 1.807) is 6.33 Å². The summed E-state index contributed by atoms with van der Waals surface area (Å²) in [5.74, 6) is 0.811. The zero-order valence-electron chi connectivity index (χ0n) is 14.9. The fraction of sp³-hybridized carbons (Fsp3) is 0.143. The summed E-state index contributed by atoms with van der Waals surface area (Å²) < 4.78 is 2.13. The largest absolute Gasteiger partial charge is 0.339 e. The number of fused-ring (bicyclic) bond motifs is 1. The summed E-state index contributed by atoms with van der Waals surface area (Å²) in [5, 5.41) is 5.19. The van der Waals surface area contributed by atoms with Crippen molar-refractivity contribution >= 4 is 34.1 Å². The van der Waals surface area contributed by atoms with Crippen LogP contribution in [-0.4, -0.2) is 14.5 Å². The van der Waals surface area contributed by atoms with Crippen LogP contribution in [0.25, 0.3) is 16.7 Å². The second-order valence-electron chi connectivity index (χ2n) is 6.39. The van der Waals surface area contributed by atoms with Crippen molar-refractivity contribution in [3.8, 4) is 5.69 Å². The number of anilines is 2. The summed E-state index contributed by atoms with van der Waals surface area (Å²) in [7, 11) is 0. The number of aromatic nitrogens is 3. The molecular weight excluding hydrogens is 344 g/mol. The van der Waals surface area contributed by atoms with Crippen molar-refractivity contribution in [2.75, 3.05) is 5.32 Å². The van der Waals surface area contributed by atoms with Crippen LogP contribution in [0.2, 0.25) is 5.02 Å². The molecule has 0 saturated heterocycles. The zero-order chi connectivity index (χ0) is 18.3. The van der Waals surface area contributed by atoms with Gasteiger partial charge >= 0.3 is 0 Å². The maximum atomic E-state index is 6.20. The number of para-hydroxylation sites is 1. The van der Waals surface area contributed by atoms with Crippen LogP contribution in [0.1, 0.15) is 16.8 Å². The average molecular weight is 363 g/mol. The molecule has 0 unspecified atom stereocenters. The molecule has 2 aromatic carbocycles. The van der Waals surface area contributed by atoms with E-state index in [1.807, 2.05) is 36.4 Å². The van der Waals surface area contributed by atoms with Crippen LogP contribution in [0, 0.1) is 20.8 Å². The summed E-state index contributed by atoms with van der Waals surface area (Å²) in [6.45, 7) is 6.27. The highest BCUT2D eigenvalue weighted by atomic mass is 35.5. The smallest absolute Gasteiger partial charge is 0.150 e. The minimum Gasteiger partial charge on any atom is -0.339 e. The molecule has 0 amide bonds. The first-order valence-corrected chi connectivity index (χ1v) is 8.85. The normalized spacial score (nSPS) is 11.1. The van der Waals surface area contributed by atoms with Gasteiger partial charge < -0.3 is 5.32 Å². The van der Waals surface area contributed by atoms with Gasteiger partial charge in [0.15, 0.2) is 5.65 Å². The molecule has 2 heterocycles. The molecule has 4 nitrogen and oxygen atoms in total. The molecule has 0 atom stereocenters. The molecule has 0 aliphatic carbocycles. The molecule has 0 fully saturated rings. The molecule has 0 spiro atoms. The van der Waals surface area contributed by atoms with E-state index >= 15 is 0 Å². The number of nitrogens with one attached hydrogen (secondary N) is 1. The minimum atomic E-state index is 0.703. The molecule has 2 aromatic heterocycles. The second-order valence-corrected chi connectivity index (χ2v) is 6.82. The lowest BCUT2D eigenvalue weighted by atomic mass is 10.2. The SMILES string of the molecule is Cc1ccccc1Nc1ncnc2c1c(C)c(C)n2-c1cccc(Cl)c1. The third kappa shape index (κ3) is 2.72. The Bertz CT molecular complexity index is 1110. The average Bonchev–Trinajstić information content (AvgIpc) is 2.89. The van der Waals surface area contributed by atoms with E-state index in [0.29, 0.717) is 5.02 Å². The Hall–Kier alpha value is -2.85. The maximum absolute atomic E-state index is 6.20. The van der Waals surface area contributed by atoms with Crippen LogP contribution in [0.4, 0.5) is 11.5 Å². The first kappa shape index (κ1) is 16.6. The second kappa shape index (κ2) is 6.46. The number of aryl methyl sites for hydroxylation is 2. The standard InChI is InChI=1S/C21H19ClN4/c1-13-7-4-5-10-18(13)25-20-19-14(2)15(3)26(21(19)24-12-23-20)17-9-6-8-16(22)11-17/h4-12H,1-3H3,(H,23,24,25). The summed E-state index contributed by atoms with van der Waals surface area (Å²) in [4.78, 5) is 9.07. The van der Waals surface area contributed by atoms with Gasteiger partial charge in [0, 0.05) is 22.1 Å². The Morgan fingerprint density at radius 1 is 0.962 bits per heavy atom. The molecule has 130 valence electrons. The molecule has 26 heavy (non-hydrogen) atoms. The fourth-order valence-corrected chi connectivity index (χ4v) is 3.45. The quantitative estimate of drug-likeness (QED) is 0.505. The van der Waals surface area contributed by atoms with Crippen LogP contribution in [0.3, 0.4) is 0 Å². The summed E-state index contributed by atoms with van der Waals surface area (Å²) >= 11 is 6.20. The Labute approximate surface area is 157 Å². The fourth-order valence-electron chi connectivity index (χ4n) is 3.27. The van der Waals surface area contributed by atoms with Gasteiger partial charge in [-0.3, -0.25) is 4.57 Å². The van der Waals surface area contributed by atoms with Crippen LogP contribution < -0.4 is 5.32 Å². The number of rotatable bonds is 3. The van der Waals surface area contributed by atoms with E-state index in [0.717, 1.165) is 39.5 Å². The van der Waals surface area contributed by atoms with Crippen molar-refractivity contribution in [1.82, 2.24) is 14.5 Å². The third-order valence-corrected chi connectivity index (χ3v) is 4.99. The molecule has 0 bridgehead atoms. The van der Waals surface area contributed by atoms with Gasteiger partial charge in [0.25, 0.3) is 0 Å². The van der Waals surface area contributed by atoms with Gasteiger partial charge in [-0.1, -0.05) is 35.9 Å². The van der Waals surface area contributed by atoms with E-state index in [-0.39, 0.29) is 0 Å². The van der Waals surface area contributed by atoms with Gasteiger partial charge in [-0.25, -0.2) is 9.97 Å². The van der Waals surface area contributed by atoms with Gasteiger partial charge in [0.05, 0.1) is 5.39 Å². The van der Waals surface area contributed by atoms with Gasteiger partial charge in [-0.05, 0) is 56.2 Å². The zero-order valence-corrected chi connectivity index (χ0v) is 15.7.